The van der Waals surface area contributed by atoms with E-state index in [1.54, 1.807) is 0 Å². The molecule has 0 spiro atoms. The van der Waals surface area contributed by atoms with E-state index >= 15 is 0 Å². The van der Waals surface area contributed by atoms with Crippen LogP contribution in [0.2, 0.25) is 0 Å². The summed E-state index contributed by atoms with van der Waals surface area (Å²) in [5.74, 6) is 1.77. The van der Waals surface area contributed by atoms with Crippen LogP contribution >= 0.6 is 0 Å². The molecule has 2 saturated heterocycles. The monoisotopic (exact) mass is 336 g/mol. The van der Waals surface area contributed by atoms with Crippen LogP contribution in [0.4, 0.5) is 4.79 Å². The number of likely N-dealkylation sites (tertiary alicyclic amines) is 2. The highest BCUT2D eigenvalue weighted by Gasteiger charge is 2.61. The van der Waals surface area contributed by atoms with E-state index in [-0.39, 0.29) is 18.0 Å². The summed E-state index contributed by atoms with van der Waals surface area (Å²) in [4.78, 5) is 28.5. The Morgan fingerprint density at radius 2 is 1.58 bits per heavy atom. The van der Waals surface area contributed by atoms with Gasteiger partial charge in [-0.1, -0.05) is 0 Å². The van der Waals surface area contributed by atoms with Gasteiger partial charge in [0.15, 0.2) is 0 Å². The number of nitrogens with zero attached hydrogens (tertiary/aromatic N) is 2. The molecule has 6 nitrogen and oxygen atoms in total. The lowest BCUT2D eigenvalue weighted by atomic mass is 9.85. The van der Waals surface area contributed by atoms with Gasteiger partial charge < -0.3 is 14.4 Å². The molecule has 0 aromatic carbocycles. The molecule has 0 N–H and O–H groups in total. The standard InChI is InChI=1S/C18H28N2O4/c1-3-23-17(21)16-14-9-19(10-15(14)16)12-5-11-6-13(7-12)20(8-11)18(22)24-4-2/h11-16H,3-10H2,1-2H3. The fourth-order valence-electron chi connectivity index (χ4n) is 5.38. The van der Waals surface area contributed by atoms with Crippen molar-refractivity contribution in [3.05, 3.63) is 0 Å². The van der Waals surface area contributed by atoms with Gasteiger partial charge >= 0.3 is 12.1 Å². The SMILES string of the molecule is CCOC(=O)C1C2CN(C3CC4CC(C3)N(C(=O)OCC)C4)CC21. The highest BCUT2D eigenvalue weighted by atomic mass is 16.6. The summed E-state index contributed by atoms with van der Waals surface area (Å²) >= 11 is 0. The molecule has 2 bridgehead atoms. The summed E-state index contributed by atoms with van der Waals surface area (Å²) in [5.41, 5.74) is 0. The van der Waals surface area contributed by atoms with E-state index in [9.17, 15) is 9.59 Å². The highest BCUT2D eigenvalue weighted by Crippen LogP contribution is 2.54. The number of rotatable bonds is 4. The van der Waals surface area contributed by atoms with Crippen LogP contribution in [0.5, 0.6) is 0 Å². The van der Waals surface area contributed by atoms with Crippen LogP contribution in [0.3, 0.4) is 0 Å². The normalized spacial score (nSPS) is 40.3. The predicted octanol–water partition coefficient (Wildman–Crippen LogP) is 1.74. The van der Waals surface area contributed by atoms with Crippen molar-refractivity contribution in [3.63, 3.8) is 0 Å². The van der Waals surface area contributed by atoms with Gasteiger partial charge in [0.25, 0.3) is 0 Å². The lowest BCUT2D eigenvalue weighted by Gasteiger charge is -2.36. The number of carbonyl (C=O) groups is 2. The molecule has 2 aliphatic carbocycles. The second-order valence-corrected chi connectivity index (χ2v) is 7.79. The van der Waals surface area contributed by atoms with Gasteiger partial charge in [0.2, 0.25) is 0 Å². The Bertz CT molecular complexity index is 513. The maximum Gasteiger partial charge on any atom is 0.410 e. The molecule has 4 rings (SSSR count). The summed E-state index contributed by atoms with van der Waals surface area (Å²) in [6.07, 6.45) is 3.22. The van der Waals surface area contributed by atoms with Crippen LogP contribution in [0.25, 0.3) is 0 Å². The number of piperidine rings is 1. The molecule has 5 unspecified atom stereocenters. The predicted molar refractivity (Wildman–Crippen MR) is 87.3 cm³/mol. The van der Waals surface area contributed by atoms with Crippen molar-refractivity contribution in [3.8, 4) is 0 Å². The molecule has 5 atom stereocenters. The minimum absolute atomic E-state index is 0.00403. The molecule has 134 valence electrons. The van der Waals surface area contributed by atoms with Crippen LogP contribution in [0.1, 0.15) is 33.1 Å². The van der Waals surface area contributed by atoms with Gasteiger partial charge in [0.05, 0.1) is 19.1 Å². The summed E-state index contributed by atoms with van der Waals surface area (Å²) in [5, 5.41) is 0. The van der Waals surface area contributed by atoms with Crippen molar-refractivity contribution < 1.29 is 19.1 Å². The number of ether oxygens (including phenoxy) is 2. The Balaban J connectivity index is 1.31. The smallest absolute Gasteiger partial charge is 0.410 e. The van der Waals surface area contributed by atoms with E-state index in [2.05, 4.69) is 4.90 Å². The van der Waals surface area contributed by atoms with Gasteiger partial charge in [-0.15, -0.1) is 0 Å². The molecule has 2 aliphatic heterocycles. The van der Waals surface area contributed by atoms with Crippen molar-refractivity contribution in [1.82, 2.24) is 9.80 Å². The third kappa shape index (κ3) is 2.68. The molecule has 24 heavy (non-hydrogen) atoms. The molecule has 4 fully saturated rings. The fraction of sp³-hybridized carbons (Fsp3) is 0.889. The quantitative estimate of drug-likeness (QED) is 0.732. The first kappa shape index (κ1) is 16.2. The zero-order chi connectivity index (χ0) is 16.8. The number of hydrogen-bond donors (Lipinski definition) is 0. The Morgan fingerprint density at radius 3 is 2.25 bits per heavy atom. The molecule has 0 aromatic heterocycles. The van der Waals surface area contributed by atoms with E-state index < -0.39 is 0 Å². The first-order chi connectivity index (χ1) is 11.6. The van der Waals surface area contributed by atoms with E-state index in [4.69, 9.17) is 9.47 Å². The Kier molecular flexibility index (Phi) is 4.19. The number of hydrogen-bond acceptors (Lipinski definition) is 5. The lowest BCUT2D eigenvalue weighted by molar-refractivity contribution is -0.145. The average molecular weight is 336 g/mol. The lowest BCUT2D eigenvalue weighted by Crippen LogP contribution is -2.43. The topological polar surface area (TPSA) is 59.1 Å². The molecule has 0 aromatic rings. The van der Waals surface area contributed by atoms with Gasteiger partial charge in [-0.05, 0) is 50.9 Å². The first-order valence-electron chi connectivity index (χ1n) is 9.46. The maximum absolute atomic E-state index is 12.1. The molecule has 2 heterocycles. The van der Waals surface area contributed by atoms with Crippen molar-refractivity contribution in [1.29, 1.82) is 0 Å². The van der Waals surface area contributed by atoms with Gasteiger partial charge in [0.1, 0.15) is 0 Å². The van der Waals surface area contributed by atoms with Crippen LogP contribution in [0, 0.1) is 23.7 Å². The van der Waals surface area contributed by atoms with Crippen LogP contribution in [-0.4, -0.2) is 66.8 Å². The fourth-order valence-corrected chi connectivity index (χ4v) is 5.38. The van der Waals surface area contributed by atoms with Gasteiger partial charge in [0, 0.05) is 31.7 Å². The van der Waals surface area contributed by atoms with E-state index in [1.165, 1.54) is 6.42 Å². The van der Waals surface area contributed by atoms with Crippen molar-refractivity contribution in [2.45, 2.75) is 45.2 Å². The summed E-state index contributed by atoms with van der Waals surface area (Å²) in [7, 11) is 0. The number of carbonyl (C=O) groups excluding carboxylic acids is 2. The largest absolute Gasteiger partial charge is 0.466 e. The third-order valence-electron chi connectivity index (χ3n) is 6.45. The van der Waals surface area contributed by atoms with Crippen LogP contribution in [-0.2, 0) is 14.3 Å². The minimum atomic E-state index is -0.141. The molecular weight excluding hydrogens is 308 g/mol. The molecule has 6 heteroatoms. The highest BCUT2D eigenvalue weighted by molar-refractivity contribution is 5.77. The van der Waals surface area contributed by atoms with Crippen molar-refractivity contribution in [2.24, 2.45) is 23.7 Å². The van der Waals surface area contributed by atoms with Crippen LogP contribution in [0.15, 0.2) is 0 Å². The summed E-state index contributed by atoms with van der Waals surface area (Å²) in [6, 6.07) is 0.898. The molecular formula is C18H28N2O4. The number of fused-ring (bicyclic) bond motifs is 3. The second-order valence-electron chi connectivity index (χ2n) is 7.79. The molecule has 1 amide bonds. The maximum atomic E-state index is 12.1. The van der Waals surface area contributed by atoms with Crippen LogP contribution < -0.4 is 0 Å². The summed E-state index contributed by atoms with van der Waals surface area (Å²) < 4.78 is 10.4. The van der Waals surface area contributed by atoms with Gasteiger partial charge in [-0.3, -0.25) is 9.69 Å². The van der Waals surface area contributed by atoms with Gasteiger partial charge in [-0.25, -0.2) is 4.79 Å². The zero-order valence-corrected chi connectivity index (χ0v) is 14.6. The Morgan fingerprint density at radius 1 is 0.917 bits per heavy atom. The Hall–Kier alpha value is -1.30. The number of amides is 1. The minimum Gasteiger partial charge on any atom is -0.466 e. The van der Waals surface area contributed by atoms with E-state index in [0.29, 0.717) is 43.1 Å². The first-order valence-corrected chi connectivity index (χ1v) is 9.46. The van der Waals surface area contributed by atoms with Crippen molar-refractivity contribution >= 4 is 12.1 Å². The second kappa shape index (κ2) is 6.21. The van der Waals surface area contributed by atoms with E-state index in [0.717, 1.165) is 32.5 Å². The third-order valence-corrected chi connectivity index (χ3v) is 6.45. The molecule has 2 saturated carbocycles. The van der Waals surface area contributed by atoms with Crippen molar-refractivity contribution in [2.75, 3.05) is 32.8 Å². The average Bonchev–Trinajstić information content (AvgIpc) is 2.91. The zero-order valence-electron chi connectivity index (χ0n) is 14.6. The molecule has 4 aliphatic rings. The van der Waals surface area contributed by atoms with Gasteiger partial charge in [-0.2, -0.15) is 0 Å². The summed E-state index contributed by atoms with van der Waals surface area (Å²) in [6.45, 7) is 7.56. The molecule has 0 radical (unpaired) electrons. The van der Waals surface area contributed by atoms with E-state index in [1.807, 2.05) is 18.7 Å². The number of esters is 1. The Labute approximate surface area is 143 Å².